The lowest BCUT2D eigenvalue weighted by atomic mass is 10.1. The number of amides is 1. The van der Waals surface area contributed by atoms with Crippen molar-refractivity contribution < 1.29 is 14.4 Å². The summed E-state index contributed by atoms with van der Waals surface area (Å²) in [5.74, 6) is 0.316. The number of nitrogens with zero attached hydrogens (tertiary/aromatic N) is 2. The molecular formula is C17H19Br2N3O3S. The Morgan fingerprint density at radius 1 is 1.38 bits per heavy atom. The molecule has 1 aromatic carbocycles. The molecule has 1 heterocycles. The Labute approximate surface area is 173 Å². The fourth-order valence-corrected chi connectivity index (χ4v) is 3.53. The maximum Gasteiger partial charge on any atom is 0.272 e. The first-order valence-corrected chi connectivity index (χ1v) is 10.5. The standard InChI is InChI=1S/C17H19Br2N3O3S/c1-17(2,9-21-24-3)22-15(23)16(26-4)25-12-6-10-5-11(18)8-20-14(10)13(19)7-12/h5-9,16H,1-4H3,(H,22,23)/b21-9+. The van der Waals surface area contributed by atoms with Crippen LogP contribution >= 0.6 is 43.6 Å². The number of rotatable bonds is 7. The zero-order chi connectivity index (χ0) is 19.3. The van der Waals surface area contributed by atoms with Gasteiger partial charge in [0, 0.05) is 20.5 Å². The van der Waals surface area contributed by atoms with E-state index >= 15 is 0 Å². The second-order valence-corrected chi connectivity index (χ2v) is 8.61. The summed E-state index contributed by atoms with van der Waals surface area (Å²) >= 11 is 8.22. The fourth-order valence-electron chi connectivity index (χ4n) is 2.15. The van der Waals surface area contributed by atoms with Gasteiger partial charge in [-0.1, -0.05) is 5.16 Å². The maximum absolute atomic E-state index is 12.6. The quantitative estimate of drug-likeness (QED) is 0.344. The number of hydrogen-bond donors (Lipinski definition) is 1. The topological polar surface area (TPSA) is 72.8 Å². The van der Waals surface area contributed by atoms with E-state index in [1.807, 2.05) is 32.2 Å². The molecule has 1 N–H and O–H groups in total. The largest absolute Gasteiger partial charge is 0.470 e. The van der Waals surface area contributed by atoms with E-state index in [2.05, 4.69) is 52.2 Å². The lowest BCUT2D eigenvalue weighted by molar-refractivity contribution is -0.125. The normalized spacial score (nSPS) is 13.0. The number of carbonyl (C=O) groups is 1. The minimum atomic E-state index is -0.713. The van der Waals surface area contributed by atoms with Crippen molar-refractivity contribution in [1.82, 2.24) is 10.3 Å². The molecule has 1 amide bonds. The number of halogens is 2. The van der Waals surface area contributed by atoms with E-state index in [4.69, 9.17) is 4.74 Å². The molecule has 0 aliphatic heterocycles. The third-order valence-corrected chi connectivity index (χ3v) is 5.05. The SMILES string of the molecule is CO/N=C/C(C)(C)NC(=O)C(Oc1cc(Br)c2ncc(Br)cc2c1)SC. The van der Waals surface area contributed by atoms with Crippen LogP contribution in [0.1, 0.15) is 13.8 Å². The van der Waals surface area contributed by atoms with Gasteiger partial charge in [0.15, 0.2) is 0 Å². The summed E-state index contributed by atoms with van der Waals surface area (Å²) < 4.78 is 7.57. The number of carbonyl (C=O) groups excluding carboxylic acids is 1. The highest BCUT2D eigenvalue weighted by Gasteiger charge is 2.26. The molecular weight excluding hydrogens is 486 g/mol. The van der Waals surface area contributed by atoms with Gasteiger partial charge in [-0.2, -0.15) is 0 Å². The lowest BCUT2D eigenvalue weighted by Crippen LogP contribution is -2.49. The van der Waals surface area contributed by atoms with Crippen LogP contribution in [0.2, 0.25) is 0 Å². The molecule has 1 unspecified atom stereocenters. The van der Waals surface area contributed by atoms with E-state index in [-0.39, 0.29) is 5.91 Å². The Bertz CT molecular complexity index is 830. The van der Waals surface area contributed by atoms with E-state index < -0.39 is 11.0 Å². The minimum Gasteiger partial charge on any atom is -0.470 e. The van der Waals surface area contributed by atoms with Crippen LogP contribution in [0.3, 0.4) is 0 Å². The van der Waals surface area contributed by atoms with Crippen LogP contribution in [0.15, 0.2) is 38.5 Å². The Kier molecular flexibility index (Phi) is 7.31. The first-order valence-electron chi connectivity index (χ1n) is 7.59. The van der Waals surface area contributed by atoms with E-state index in [0.717, 1.165) is 19.8 Å². The molecule has 0 radical (unpaired) electrons. The number of nitrogens with one attached hydrogen (secondary N) is 1. The number of oxime groups is 1. The summed E-state index contributed by atoms with van der Waals surface area (Å²) in [6.45, 7) is 3.64. The Morgan fingerprint density at radius 3 is 2.77 bits per heavy atom. The molecule has 0 saturated heterocycles. The predicted octanol–water partition coefficient (Wildman–Crippen LogP) is 4.35. The highest BCUT2D eigenvalue weighted by molar-refractivity contribution is 9.11. The van der Waals surface area contributed by atoms with Crippen molar-refractivity contribution in [2.45, 2.75) is 24.8 Å². The van der Waals surface area contributed by atoms with E-state index in [1.165, 1.54) is 25.1 Å². The third kappa shape index (κ3) is 5.59. The van der Waals surface area contributed by atoms with E-state index in [1.54, 1.807) is 12.3 Å². The Balaban J connectivity index is 2.20. The third-order valence-electron chi connectivity index (χ3n) is 3.27. The van der Waals surface area contributed by atoms with Crippen LogP contribution < -0.4 is 10.1 Å². The highest BCUT2D eigenvalue weighted by Crippen LogP contribution is 2.31. The van der Waals surface area contributed by atoms with Crippen molar-refractivity contribution in [1.29, 1.82) is 0 Å². The van der Waals surface area contributed by atoms with Gasteiger partial charge in [0.1, 0.15) is 12.9 Å². The molecule has 6 nitrogen and oxygen atoms in total. The average molecular weight is 505 g/mol. The molecule has 0 aliphatic rings. The zero-order valence-corrected chi connectivity index (χ0v) is 18.7. The summed E-state index contributed by atoms with van der Waals surface area (Å²) in [6, 6.07) is 5.60. The van der Waals surface area contributed by atoms with Gasteiger partial charge < -0.3 is 14.9 Å². The molecule has 1 aromatic heterocycles. The number of benzene rings is 1. The molecule has 2 aromatic rings. The second kappa shape index (κ2) is 9.05. The number of thioether (sulfide) groups is 1. The molecule has 0 bridgehead atoms. The van der Waals surface area contributed by atoms with Crippen molar-refractivity contribution in [3.63, 3.8) is 0 Å². The van der Waals surface area contributed by atoms with Gasteiger partial charge in [0.25, 0.3) is 5.91 Å². The number of pyridine rings is 1. The van der Waals surface area contributed by atoms with Crippen molar-refractivity contribution >= 4 is 66.6 Å². The van der Waals surface area contributed by atoms with Gasteiger partial charge in [0.05, 0.1) is 17.3 Å². The van der Waals surface area contributed by atoms with Crippen LogP contribution in [0.4, 0.5) is 0 Å². The summed E-state index contributed by atoms with van der Waals surface area (Å²) in [6.07, 6.45) is 5.07. The van der Waals surface area contributed by atoms with E-state index in [9.17, 15) is 4.79 Å². The van der Waals surface area contributed by atoms with Crippen LogP contribution in [-0.2, 0) is 9.63 Å². The Hall–Kier alpha value is -1.32. The van der Waals surface area contributed by atoms with Crippen LogP contribution in [0.25, 0.3) is 10.9 Å². The smallest absolute Gasteiger partial charge is 0.272 e. The minimum absolute atomic E-state index is 0.256. The fraction of sp³-hybridized carbons (Fsp3) is 0.353. The molecule has 2 rings (SSSR count). The number of ether oxygens (including phenoxy) is 1. The van der Waals surface area contributed by atoms with Crippen molar-refractivity contribution in [3.8, 4) is 5.75 Å². The van der Waals surface area contributed by atoms with Gasteiger partial charge in [0.2, 0.25) is 5.44 Å². The van der Waals surface area contributed by atoms with Crippen molar-refractivity contribution in [3.05, 3.63) is 33.3 Å². The van der Waals surface area contributed by atoms with Crippen molar-refractivity contribution in [2.75, 3.05) is 13.4 Å². The first kappa shape index (κ1) is 21.0. The number of hydrogen-bond acceptors (Lipinski definition) is 6. The molecule has 0 spiro atoms. The molecule has 0 saturated carbocycles. The summed E-state index contributed by atoms with van der Waals surface area (Å²) in [7, 11) is 1.45. The van der Waals surface area contributed by atoms with Gasteiger partial charge in [-0.25, -0.2) is 0 Å². The second-order valence-electron chi connectivity index (χ2n) is 5.94. The predicted molar refractivity (Wildman–Crippen MR) is 113 cm³/mol. The number of fused-ring (bicyclic) bond motifs is 1. The average Bonchev–Trinajstić information content (AvgIpc) is 2.57. The van der Waals surface area contributed by atoms with Crippen molar-refractivity contribution in [2.24, 2.45) is 5.16 Å². The molecule has 0 aliphatic carbocycles. The summed E-state index contributed by atoms with van der Waals surface area (Å²) in [5.41, 5.74) is -0.555. The molecule has 0 fully saturated rings. The summed E-state index contributed by atoms with van der Waals surface area (Å²) in [5, 5.41) is 7.49. The van der Waals surface area contributed by atoms with E-state index in [0.29, 0.717) is 5.75 Å². The zero-order valence-electron chi connectivity index (χ0n) is 14.7. The van der Waals surface area contributed by atoms with Crippen LogP contribution in [-0.4, -0.2) is 41.4 Å². The molecule has 140 valence electrons. The summed E-state index contributed by atoms with van der Waals surface area (Å²) in [4.78, 5) is 21.6. The molecule has 9 heteroatoms. The van der Waals surface area contributed by atoms with Crippen LogP contribution in [0.5, 0.6) is 5.75 Å². The molecule has 26 heavy (non-hydrogen) atoms. The first-order chi connectivity index (χ1) is 12.3. The highest BCUT2D eigenvalue weighted by atomic mass is 79.9. The maximum atomic E-state index is 12.6. The molecule has 1 atom stereocenters. The Morgan fingerprint density at radius 2 is 2.12 bits per heavy atom. The van der Waals surface area contributed by atoms with Gasteiger partial charge in [-0.3, -0.25) is 9.78 Å². The van der Waals surface area contributed by atoms with Gasteiger partial charge >= 0.3 is 0 Å². The van der Waals surface area contributed by atoms with Gasteiger partial charge in [-0.05, 0) is 70.2 Å². The lowest BCUT2D eigenvalue weighted by Gasteiger charge is -2.24. The monoisotopic (exact) mass is 503 g/mol. The number of aromatic nitrogens is 1. The van der Waals surface area contributed by atoms with Crippen LogP contribution in [0, 0.1) is 0 Å². The van der Waals surface area contributed by atoms with Gasteiger partial charge in [-0.15, -0.1) is 11.8 Å².